The summed E-state index contributed by atoms with van der Waals surface area (Å²) in [7, 11) is 0.785. The van der Waals surface area contributed by atoms with Gasteiger partial charge in [-0.1, -0.05) is 42.5 Å². The molecule has 1 saturated heterocycles. The Bertz CT molecular complexity index is 863. The van der Waals surface area contributed by atoms with Gasteiger partial charge in [0.2, 0.25) is 0 Å². The number of esters is 2. The molecule has 1 aromatic carbocycles. The highest BCUT2D eigenvalue weighted by molar-refractivity contribution is 5.92. The van der Waals surface area contributed by atoms with Crippen LogP contribution in [0.25, 0.3) is 0 Å². The number of benzene rings is 1. The molecule has 0 aromatic heterocycles. The van der Waals surface area contributed by atoms with Crippen LogP contribution < -0.4 is 0 Å². The van der Waals surface area contributed by atoms with Crippen molar-refractivity contribution in [1.29, 1.82) is 0 Å². The van der Waals surface area contributed by atoms with Gasteiger partial charge in [-0.3, -0.25) is 0 Å². The third kappa shape index (κ3) is 3.63. The second-order valence-corrected chi connectivity index (χ2v) is 6.90. The van der Waals surface area contributed by atoms with Gasteiger partial charge >= 0.3 is 18.1 Å². The summed E-state index contributed by atoms with van der Waals surface area (Å²) in [6, 6.07) is 6.49. The zero-order valence-corrected chi connectivity index (χ0v) is 16.5. The van der Waals surface area contributed by atoms with E-state index in [1.165, 1.54) is 30.4 Å². The van der Waals surface area contributed by atoms with Gasteiger partial charge in [0, 0.05) is 12.7 Å². The topological polar surface area (TPSA) is 71.1 Å². The van der Waals surface area contributed by atoms with E-state index in [1.807, 2.05) is 0 Å². The molecular formula is C21H21F3O6. The van der Waals surface area contributed by atoms with Crippen LogP contribution in [0.15, 0.2) is 54.1 Å². The lowest BCUT2D eigenvalue weighted by Gasteiger charge is -2.36. The number of fused-ring (bicyclic) bond motifs is 1. The lowest BCUT2D eigenvalue weighted by atomic mass is 9.92. The van der Waals surface area contributed by atoms with Crippen molar-refractivity contribution in [2.75, 3.05) is 7.11 Å². The third-order valence-corrected chi connectivity index (χ3v) is 5.03. The number of ether oxygens (including phenoxy) is 4. The molecule has 2 aliphatic heterocycles. The first kappa shape index (κ1) is 22.0. The Balaban J connectivity index is 2.00. The fourth-order valence-corrected chi connectivity index (χ4v) is 3.57. The van der Waals surface area contributed by atoms with Gasteiger partial charge in [0.05, 0.1) is 5.57 Å². The molecule has 30 heavy (non-hydrogen) atoms. The van der Waals surface area contributed by atoms with Gasteiger partial charge in [0.1, 0.15) is 18.3 Å². The van der Waals surface area contributed by atoms with Crippen molar-refractivity contribution >= 4 is 11.9 Å². The molecule has 0 spiro atoms. The van der Waals surface area contributed by atoms with Gasteiger partial charge in [-0.15, -0.1) is 0 Å². The van der Waals surface area contributed by atoms with Crippen molar-refractivity contribution < 1.29 is 41.7 Å². The molecule has 0 amide bonds. The molecule has 0 saturated carbocycles. The third-order valence-electron chi connectivity index (χ3n) is 5.03. The van der Waals surface area contributed by atoms with E-state index in [-0.39, 0.29) is 5.57 Å². The maximum Gasteiger partial charge on any atom is 0.432 e. The second kappa shape index (κ2) is 8.23. The maximum absolute atomic E-state index is 14.1. The van der Waals surface area contributed by atoms with Gasteiger partial charge in [0.25, 0.3) is 5.60 Å². The molecule has 2 aliphatic rings. The number of halogens is 3. The lowest BCUT2D eigenvalue weighted by Crippen LogP contribution is -2.53. The quantitative estimate of drug-likeness (QED) is 0.532. The van der Waals surface area contributed by atoms with Crippen molar-refractivity contribution in [1.82, 2.24) is 0 Å². The molecule has 3 rings (SSSR count). The Morgan fingerprint density at radius 1 is 1.20 bits per heavy atom. The molecule has 1 aromatic rings. The van der Waals surface area contributed by atoms with Crippen LogP contribution in [0.5, 0.6) is 0 Å². The first-order valence-electron chi connectivity index (χ1n) is 9.25. The molecule has 0 N–H and O–H groups in total. The number of cyclic esters (lactones) is 1. The number of alkyl halides is 3. The summed E-state index contributed by atoms with van der Waals surface area (Å²) < 4.78 is 63.1. The van der Waals surface area contributed by atoms with Crippen molar-refractivity contribution in [2.24, 2.45) is 0 Å². The van der Waals surface area contributed by atoms with E-state index in [1.54, 1.807) is 19.9 Å². The average Bonchev–Trinajstić information content (AvgIpc) is 2.96. The number of methoxy groups -OCH3 is 1. The normalized spacial score (nSPS) is 28.5. The van der Waals surface area contributed by atoms with Crippen molar-refractivity contribution in [2.45, 2.75) is 50.0 Å². The monoisotopic (exact) mass is 426 g/mol. The van der Waals surface area contributed by atoms with Crippen LogP contribution in [-0.4, -0.2) is 49.6 Å². The minimum Gasteiger partial charge on any atom is -0.456 e. The van der Waals surface area contributed by atoms with Crippen molar-refractivity contribution in [3.63, 3.8) is 0 Å². The molecule has 0 unspecified atom stereocenters. The molecule has 1 fully saturated rings. The predicted octanol–water partition coefficient (Wildman–Crippen LogP) is 3.22. The van der Waals surface area contributed by atoms with Gasteiger partial charge in [-0.05, 0) is 19.9 Å². The lowest BCUT2D eigenvalue weighted by molar-refractivity contribution is -0.279. The van der Waals surface area contributed by atoms with Crippen molar-refractivity contribution in [3.8, 4) is 0 Å². The number of carbonyl (C=O) groups excluding carboxylic acids is 2. The minimum atomic E-state index is -5.11. The standard InChI is InChI=1S/C21H21F3O6/c1-4-8-15-16(11-14-17(29-15)12(2)28-18(14)25)30-19(26)20(27-3,21(22,23)24)13-9-6-5-7-10-13/h4-12,15-17H,1-3H3/b8-4+/t12-,15-,16+,17-,20+/m0/s1. The molecule has 162 valence electrons. The molecule has 5 atom stereocenters. The van der Waals surface area contributed by atoms with E-state index >= 15 is 0 Å². The van der Waals surface area contributed by atoms with Crippen LogP contribution in [0.4, 0.5) is 13.2 Å². The van der Waals surface area contributed by atoms with Gasteiger partial charge in [0.15, 0.2) is 6.10 Å². The van der Waals surface area contributed by atoms with E-state index < -0.39 is 53.7 Å². The average molecular weight is 426 g/mol. The maximum atomic E-state index is 14.1. The first-order chi connectivity index (χ1) is 14.2. The predicted molar refractivity (Wildman–Crippen MR) is 98.2 cm³/mol. The van der Waals surface area contributed by atoms with Crippen LogP contribution in [0.3, 0.4) is 0 Å². The van der Waals surface area contributed by atoms with E-state index in [2.05, 4.69) is 0 Å². The Morgan fingerprint density at radius 3 is 2.43 bits per heavy atom. The van der Waals surface area contributed by atoms with Crippen molar-refractivity contribution in [3.05, 3.63) is 59.7 Å². The Morgan fingerprint density at radius 2 is 1.87 bits per heavy atom. The Kier molecular flexibility index (Phi) is 6.05. The minimum absolute atomic E-state index is 0.107. The highest BCUT2D eigenvalue weighted by atomic mass is 19.4. The number of allylic oxidation sites excluding steroid dienone is 1. The number of hydrogen-bond donors (Lipinski definition) is 0. The van der Waals surface area contributed by atoms with E-state index in [4.69, 9.17) is 18.9 Å². The van der Waals surface area contributed by atoms with Crippen LogP contribution in [0.2, 0.25) is 0 Å². The van der Waals surface area contributed by atoms with Gasteiger partial charge in [-0.2, -0.15) is 13.2 Å². The first-order valence-corrected chi connectivity index (χ1v) is 9.25. The van der Waals surface area contributed by atoms with Crippen LogP contribution in [0, 0.1) is 0 Å². The highest BCUT2D eigenvalue weighted by Crippen LogP contribution is 2.44. The zero-order valence-electron chi connectivity index (χ0n) is 16.5. The van der Waals surface area contributed by atoms with E-state index in [0.29, 0.717) is 0 Å². The van der Waals surface area contributed by atoms with E-state index in [0.717, 1.165) is 19.2 Å². The molecule has 2 heterocycles. The Labute approximate surface area is 171 Å². The number of hydrogen-bond acceptors (Lipinski definition) is 6. The molecular weight excluding hydrogens is 405 g/mol. The molecule has 0 aliphatic carbocycles. The molecule has 0 radical (unpaired) electrons. The SMILES string of the molecule is C/C=C/[C@@H]1O[C@@H]2C(=C[C@H]1OC(=O)[C@](OC)(c1ccccc1)C(F)(F)F)C(=O)O[C@H]2C. The summed E-state index contributed by atoms with van der Waals surface area (Å²) in [6.45, 7) is 3.32. The van der Waals surface area contributed by atoms with E-state index in [9.17, 15) is 22.8 Å². The van der Waals surface area contributed by atoms with Crippen LogP contribution >= 0.6 is 0 Å². The smallest absolute Gasteiger partial charge is 0.432 e. The fourth-order valence-electron chi connectivity index (χ4n) is 3.57. The molecule has 0 bridgehead atoms. The summed E-state index contributed by atoms with van der Waals surface area (Å²) in [4.78, 5) is 24.9. The zero-order chi connectivity index (χ0) is 22.1. The summed E-state index contributed by atoms with van der Waals surface area (Å²) in [5, 5.41) is 0. The number of rotatable bonds is 5. The second-order valence-electron chi connectivity index (χ2n) is 6.90. The molecule has 6 nitrogen and oxygen atoms in total. The largest absolute Gasteiger partial charge is 0.456 e. The van der Waals surface area contributed by atoms with Gasteiger partial charge < -0.3 is 18.9 Å². The summed E-state index contributed by atoms with van der Waals surface area (Å²) in [6.07, 6.45) is -4.13. The summed E-state index contributed by atoms with van der Waals surface area (Å²) in [5.41, 5.74) is -3.66. The Hall–Kier alpha value is -2.65. The summed E-state index contributed by atoms with van der Waals surface area (Å²) in [5.74, 6) is -2.33. The highest BCUT2D eigenvalue weighted by Gasteiger charge is 2.64. The van der Waals surface area contributed by atoms with Gasteiger partial charge in [-0.25, -0.2) is 9.59 Å². The summed E-state index contributed by atoms with van der Waals surface area (Å²) >= 11 is 0. The van der Waals surface area contributed by atoms with Crippen LogP contribution in [0.1, 0.15) is 19.4 Å². The molecule has 9 heteroatoms. The van der Waals surface area contributed by atoms with Crippen LogP contribution in [-0.2, 0) is 34.1 Å². The fraction of sp³-hybridized carbons (Fsp3) is 0.429. The number of carbonyl (C=O) groups is 2.